The lowest BCUT2D eigenvalue weighted by atomic mass is 9.71. The van der Waals surface area contributed by atoms with E-state index in [0.29, 0.717) is 29.6 Å². The van der Waals surface area contributed by atoms with Crippen LogP contribution in [0.1, 0.15) is 41.7 Å². The monoisotopic (exact) mass is 415 g/mol. The minimum Gasteiger partial charge on any atom is -0.337 e. The number of likely N-dealkylation sites (tertiary alicyclic amines) is 1. The van der Waals surface area contributed by atoms with Crippen molar-refractivity contribution in [3.05, 3.63) is 66.1 Å². The molecule has 3 aliphatic heterocycles. The number of nitrogens with zero attached hydrogens (tertiary/aromatic N) is 5. The summed E-state index contributed by atoms with van der Waals surface area (Å²) in [6, 6.07) is 17.7. The molecule has 3 aliphatic rings. The lowest BCUT2D eigenvalue weighted by Gasteiger charge is -2.57. The number of hydrogen-bond donors (Lipinski definition) is 0. The lowest BCUT2D eigenvalue weighted by Crippen LogP contribution is -2.64. The lowest BCUT2D eigenvalue weighted by molar-refractivity contribution is -0.0643. The van der Waals surface area contributed by atoms with Gasteiger partial charge in [0.05, 0.1) is 0 Å². The molecule has 2 aromatic heterocycles. The van der Waals surface area contributed by atoms with Crippen molar-refractivity contribution in [3.8, 4) is 0 Å². The summed E-state index contributed by atoms with van der Waals surface area (Å²) >= 11 is 0. The number of aromatic nitrogens is 3. The summed E-state index contributed by atoms with van der Waals surface area (Å²) < 4.78 is 1.68. The van der Waals surface area contributed by atoms with E-state index >= 15 is 0 Å². The summed E-state index contributed by atoms with van der Waals surface area (Å²) in [6.07, 6.45) is 7.73. The van der Waals surface area contributed by atoms with Crippen molar-refractivity contribution in [1.29, 1.82) is 0 Å². The van der Waals surface area contributed by atoms with Crippen LogP contribution in [-0.4, -0.2) is 62.0 Å². The maximum atomic E-state index is 13.6. The van der Waals surface area contributed by atoms with Gasteiger partial charge < -0.3 is 4.90 Å². The third-order valence-corrected chi connectivity index (χ3v) is 7.72. The Hall–Kier alpha value is -2.73. The molecule has 2 bridgehead atoms. The zero-order chi connectivity index (χ0) is 20.8. The van der Waals surface area contributed by atoms with Crippen LogP contribution in [0.4, 0.5) is 0 Å². The van der Waals surface area contributed by atoms with Gasteiger partial charge in [0.1, 0.15) is 12.0 Å². The third kappa shape index (κ3) is 3.33. The fourth-order valence-corrected chi connectivity index (χ4v) is 6.38. The number of piperidine rings is 3. The molecule has 6 rings (SSSR count). The predicted octanol–water partition coefficient (Wildman–Crippen LogP) is 3.29. The van der Waals surface area contributed by atoms with Crippen molar-refractivity contribution in [3.63, 3.8) is 0 Å². The summed E-state index contributed by atoms with van der Waals surface area (Å²) in [5, 5.41) is 4.29. The topological polar surface area (TPSA) is 53.7 Å². The largest absolute Gasteiger partial charge is 0.337 e. The SMILES string of the molecule is O=C(c1cccc2ncnn12)N1C[C@H]2C[C@@H](C1)[C@H](Cc1ccccc1)N1CCCC[C@@H]21. The molecule has 5 heterocycles. The van der Waals surface area contributed by atoms with Crippen LogP contribution in [0.25, 0.3) is 5.65 Å². The summed E-state index contributed by atoms with van der Waals surface area (Å²) in [5.41, 5.74) is 2.75. The molecule has 3 fully saturated rings. The second kappa shape index (κ2) is 7.75. The first-order valence-electron chi connectivity index (χ1n) is 11.7. The van der Waals surface area contributed by atoms with Crippen LogP contribution in [0.3, 0.4) is 0 Å². The van der Waals surface area contributed by atoms with E-state index in [9.17, 15) is 4.79 Å². The number of carbonyl (C=O) groups is 1. The van der Waals surface area contributed by atoms with Crippen molar-refractivity contribution < 1.29 is 4.79 Å². The molecule has 4 atom stereocenters. The third-order valence-electron chi connectivity index (χ3n) is 7.72. The van der Waals surface area contributed by atoms with Gasteiger partial charge in [-0.1, -0.05) is 42.8 Å². The van der Waals surface area contributed by atoms with Gasteiger partial charge in [0.25, 0.3) is 5.91 Å². The first kappa shape index (κ1) is 19.0. The number of fused-ring (bicyclic) bond motifs is 5. The summed E-state index contributed by atoms with van der Waals surface area (Å²) in [5.74, 6) is 1.19. The van der Waals surface area contributed by atoms with Crippen molar-refractivity contribution in [1.82, 2.24) is 24.4 Å². The van der Waals surface area contributed by atoms with Gasteiger partial charge in [0.2, 0.25) is 0 Å². The molecule has 3 saturated heterocycles. The number of carbonyl (C=O) groups excluding carboxylic acids is 1. The molecule has 0 saturated carbocycles. The van der Waals surface area contributed by atoms with Crippen molar-refractivity contribution in [2.24, 2.45) is 11.8 Å². The molecule has 1 amide bonds. The van der Waals surface area contributed by atoms with E-state index in [2.05, 4.69) is 50.2 Å². The van der Waals surface area contributed by atoms with E-state index in [0.717, 1.165) is 25.2 Å². The minimum absolute atomic E-state index is 0.0912. The average Bonchev–Trinajstić information content (AvgIpc) is 3.31. The van der Waals surface area contributed by atoms with E-state index in [4.69, 9.17) is 0 Å². The molecule has 0 radical (unpaired) electrons. The quantitative estimate of drug-likeness (QED) is 0.659. The van der Waals surface area contributed by atoms with Crippen LogP contribution >= 0.6 is 0 Å². The molecule has 3 aromatic rings. The number of pyridine rings is 1. The zero-order valence-electron chi connectivity index (χ0n) is 17.8. The molecule has 1 aromatic carbocycles. The Morgan fingerprint density at radius 2 is 1.87 bits per heavy atom. The maximum absolute atomic E-state index is 13.6. The molecule has 160 valence electrons. The normalized spacial score (nSPS) is 28.5. The molecular formula is C25H29N5O. The van der Waals surface area contributed by atoms with Crippen LogP contribution in [0, 0.1) is 11.8 Å². The van der Waals surface area contributed by atoms with Gasteiger partial charge in [-0.15, -0.1) is 0 Å². The van der Waals surface area contributed by atoms with E-state index in [-0.39, 0.29) is 5.91 Å². The Kier molecular flexibility index (Phi) is 4.75. The highest BCUT2D eigenvalue weighted by Gasteiger charge is 2.48. The van der Waals surface area contributed by atoms with Gasteiger partial charge in [0, 0.05) is 25.2 Å². The standard InChI is InChI=1S/C25H29N5O/c31-25(22-10-6-11-24-26-17-27-30(22)24)28-15-19-14-20(16-28)23(13-18-7-2-1-3-8-18)29-12-5-4-9-21(19)29/h1-3,6-8,10-11,17,19-21,23H,4-5,9,12-16H2/t19-,20+,21+,23+/m1/s1. The van der Waals surface area contributed by atoms with Crippen LogP contribution in [-0.2, 0) is 6.42 Å². The molecule has 31 heavy (non-hydrogen) atoms. The van der Waals surface area contributed by atoms with Gasteiger partial charge in [-0.3, -0.25) is 9.69 Å². The average molecular weight is 416 g/mol. The maximum Gasteiger partial charge on any atom is 0.272 e. The Morgan fingerprint density at radius 3 is 2.77 bits per heavy atom. The van der Waals surface area contributed by atoms with Crippen molar-refractivity contribution in [2.75, 3.05) is 19.6 Å². The summed E-state index contributed by atoms with van der Waals surface area (Å²) in [6.45, 7) is 2.90. The second-order valence-corrected chi connectivity index (χ2v) is 9.47. The van der Waals surface area contributed by atoms with E-state index in [1.54, 1.807) is 4.52 Å². The summed E-state index contributed by atoms with van der Waals surface area (Å²) in [4.78, 5) is 22.8. The smallest absolute Gasteiger partial charge is 0.272 e. The van der Waals surface area contributed by atoms with Crippen molar-refractivity contribution in [2.45, 2.75) is 44.2 Å². The number of rotatable bonds is 3. The van der Waals surface area contributed by atoms with E-state index in [1.165, 1.54) is 44.1 Å². The number of hydrogen-bond acceptors (Lipinski definition) is 4. The molecular weight excluding hydrogens is 386 g/mol. The number of amides is 1. The number of benzene rings is 1. The van der Waals surface area contributed by atoms with E-state index in [1.807, 2.05) is 18.2 Å². The van der Waals surface area contributed by atoms with Crippen LogP contribution in [0.5, 0.6) is 0 Å². The Morgan fingerprint density at radius 1 is 1.00 bits per heavy atom. The van der Waals surface area contributed by atoms with Crippen LogP contribution < -0.4 is 0 Å². The van der Waals surface area contributed by atoms with Gasteiger partial charge in [0.15, 0.2) is 5.65 Å². The highest BCUT2D eigenvalue weighted by Crippen LogP contribution is 2.42. The summed E-state index contributed by atoms with van der Waals surface area (Å²) in [7, 11) is 0. The fourth-order valence-electron chi connectivity index (χ4n) is 6.38. The molecule has 0 spiro atoms. The molecule has 0 N–H and O–H groups in total. The first-order chi connectivity index (χ1) is 15.3. The predicted molar refractivity (Wildman–Crippen MR) is 119 cm³/mol. The van der Waals surface area contributed by atoms with Gasteiger partial charge in [-0.2, -0.15) is 5.10 Å². The molecule has 0 aliphatic carbocycles. The second-order valence-electron chi connectivity index (χ2n) is 9.47. The van der Waals surface area contributed by atoms with Gasteiger partial charge in [-0.25, -0.2) is 9.50 Å². The first-order valence-corrected chi connectivity index (χ1v) is 11.7. The zero-order valence-corrected chi connectivity index (χ0v) is 17.8. The molecule has 0 unspecified atom stereocenters. The van der Waals surface area contributed by atoms with Crippen LogP contribution in [0.15, 0.2) is 54.9 Å². The Balaban J connectivity index is 1.31. The van der Waals surface area contributed by atoms with Crippen LogP contribution in [0.2, 0.25) is 0 Å². The fraction of sp³-hybridized carbons (Fsp3) is 0.480. The molecule has 6 nitrogen and oxygen atoms in total. The highest BCUT2D eigenvalue weighted by atomic mass is 16.2. The Labute approximate surface area is 182 Å². The van der Waals surface area contributed by atoms with Gasteiger partial charge in [-0.05, 0) is 61.8 Å². The van der Waals surface area contributed by atoms with Gasteiger partial charge >= 0.3 is 0 Å². The molecule has 6 heteroatoms. The van der Waals surface area contributed by atoms with Crippen molar-refractivity contribution >= 4 is 11.6 Å². The highest BCUT2D eigenvalue weighted by molar-refractivity contribution is 5.93. The van der Waals surface area contributed by atoms with E-state index < -0.39 is 0 Å². The minimum atomic E-state index is 0.0912. The Bertz CT molecular complexity index is 1080.